The van der Waals surface area contributed by atoms with Crippen molar-refractivity contribution in [2.45, 2.75) is 32.3 Å². The highest BCUT2D eigenvalue weighted by molar-refractivity contribution is 7.12. The predicted octanol–water partition coefficient (Wildman–Crippen LogP) is 4.43. The highest BCUT2D eigenvalue weighted by Crippen LogP contribution is 2.42. The Kier molecular flexibility index (Phi) is 3.64. The summed E-state index contributed by atoms with van der Waals surface area (Å²) in [4.78, 5) is 5.28. The van der Waals surface area contributed by atoms with Gasteiger partial charge in [0, 0.05) is 10.9 Å². The van der Waals surface area contributed by atoms with E-state index in [1.807, 2.05) is 25.1 Å². The van der Waals surface area contributed by atoms with Gasteiger partial charge in [-0.05, 0) is 43.5 Å². The van der Waals surface area contributed by atoms with E-state index in [1.54, 1.807) is 0 Å². The molecule has 1 aliphatic carbocycles. The van der Waals surface area contributed by atoms with Crippen molar-refractivity contribution in [3.63, 3.8) is 0 Å². The van der Waals surface area contributed by atoms with Crippen molar-refractivity contribution in [2.24, 2.45) is 0 Å². The number of thiazole rings is 1. The van der Waals surface area contributed by atoms with Crippen LogP contribution in [0.4, 0.5) is 0 Å². The van der Waals surface area contributed by atoms with Crippen molar-refractivity contribution >= 4 is 22.9 Å². The highest BCUT2D eigenvalue weighted by Gasteiger charge is 2.29. The summed E-state index contributed by atoms with van der Waals surface area (Å²) >= 11 is 7.41. The first-order chi connectivity index (χ1) is 9.67. The van der Waals surface area contributed by atoms with Crippen molar-refractivity contribution in [2.75, 3.05) is 0 Å². The smallest absolute Gasteiger partial charge is 0.140 e. The average molecular weight is 305 g/mol. The van der Waals surface area contributed by atoms with Gasteiger partial charge in [-0.1, -0.05) is 11.6 Å². The second kappa shape index (κ2) is 5.43. The lowest BCUT2D eigenvalue weighted by atomic mass is 10.2. The Morgan fingerprint density at radius 3 is 2.95 bits per heavy atom. The van der Waals surface area contributed by atoms with E-state index in [0.29, 0.717) is 12.5 Å². The lowest BCUT2D eigenvalue weighted by Gasteiger charge is -2.05. The molecule has 0 amide bonds. The summed E-state index contributed by atoms with van der Waals surface area (Å²) in [5.74, 6) is 1.26. The van der Waals surface area contributed by atoms with Crippen molar-refractivity contribution in [1.29, 1.82) is 5.26 Å². The summed E-state index contributed by atoms with van der Waals surface area (Å²) in [7, 11) is 0. The zero-order chi connectivity index (χ0) is 14.1. The van der Waals surface area contributed by atoms with Crippen molar-refractivity contribution < 1.29 is 4.74 Å². The van der Waals surface area contributed by atoms with Crippen LogP contribution in [0.1, 0.15) is 39.9 Å². The molecular formula is C15H13ClN2OS. The minimum absolute atomic E-state index is 0.396. The molecule has 102 valence electrons. The van der Waals surface area contributed by atoms with Crippen LogP contribution in [0.5, 0.6) is 5.75 Å². The van der Waals surface area contributed by atoms with E-state index in [-0.39, 0.29) is 0 Å². The summed E-state index contributed by atoms with van der Waals surface area (Å²) < 4.78 is 5.72. The lowest BCUT2D eigenvalue weighted by Crippen LogP contribution is -1.95. The quantitative estimate of drug-likeness (QED) is 0.839. The second-order valence-electron chi connectivity index (χ2n) is 4.91. The van der Waals surface area contributed by atoms with Gasteiger partial charge in [0.25, 0.3) is 0 Å². The normalized spacial score (nSPS) is 14.1. The van der Waals surface area contributed by atoms with Gasteiger partial charge in [0.1, 0.15) is 28.3 Å². The Bertz CT molecular complexity index is 686. The van der Waals surface area contributed by atoms with Gasteiger partial charge < -0.3 is 4.74 Å². The van der Waals surface area contributed by atoms with Gasteiger partial charge in [0.05, 0.1) is 5.69 Å². The molecule has 0 atom stereocenters. The molecule has 0 spiro atoms. The molecule has 1 aliphatic rings. The number of aromatic nitrogens is 1. The maximum Gasteiger partial charge on any atom is 0.140 e. The second-order valence-corrected chi connectivity index (χ2v) is 6.40. The van der Waals surface area contributed by atoms with Gasteiger partial charge >= 0.3 is 0 Å². The molecule has 0 radical (unpaired) electrons. The van der Waals surface area contributed by atoms with Gasteiger partial charge in [-0.3, -0.25) is 0 Å². The first-order valence-corrected chi connectivity index (χ1v) is 7.65. The van der Waals surface area contributed by atoms with E-state index in [2.05, 4.69) is 11.1 Å². The van der Waals surface area contributed by atoms with E-state index in [1.165, 1.54) is 11.3 Å². The van der Waals surface area contributed by atoms with Crippen LogP contribution < -0.4 is 4.74 Å². The number of ether oxygens (including phenoxy) is 1. The molecule has 3 nitrogen and oxygen atoms in total. The van der Waals surface area contributed by atoms with Gasteiger partial charge in [0.15, 0.2) is 0 Å². The van der Waals surface area contributed by atoms with Gasteiger partial charge in [0.2, 0.25) is 0 Å². The van der Waals surface area contributed by atoms with Gasteiger partial charge in [-0.25, -0.2) is 4.98 Å². The number of hydrogen-bond donors (Lipinski definition) is 0. The van der Waals surface area contributed by atoms with Crippen LogP contribution in [0, 0.1) is 18.3 Å². The maximum atomic E-state index is 9.13. The van der Waals surface area contributed by atoms with E-state index >= 15 is 0 Å². The zero-order valence-electron chi connectivity index (χ0n) is 11.0. The number of halogens is 1. The van der Waals surface area contributed by atoms with Crippen molar-refractivity contribution in [3.05, 3.63) is 44.4 Å². The first-order valence-electron chi connectivity index (χ1n) is 6.46. The molecule has 2 aromatic rings. The lowest BCUT2D eigenvalue weighted by molar-refractivity contribution is 0.305. The SMILES string of the molecule is Cc1cc(OCc2nc(C3CC3)c(C#N)s2)ccc1Cl. The number of nitriles is 1. The monoisotopic (exact) mass is 304 g/mol. The summed E-state index contributed by atoms with van der Waals surface area (Å²) in [6.07, 6.45) is 2.30. The molecule has 20 heavy (non-hydrogen) atoms. The van der Waals surface area contributed by atoms with Gasteiger partial charge in [-0.15, -0.1) is 11.3 Å². The molecule has 1 saturated carbocycles. The molecule has 1 aromatic heterocycles. The van der Waals surface area contributed by atoms with Gasteiger partial charge in [-0.2, -0.15) is 5.26 Å². The predicted molar refractivity (Wildman–Crippen MR) is 79.3 cm³/mol. The van der Waals surface area contributed by atoms with Crippen molar-refractivity contribution in [1.82, 2.24) is 4.98 Å². The topological polar surface area (TPSA) is 45.9 Å². The summed E-state index contributed by atoms with van der Waals surface area (Å²) in [6, 6.07) is 7.81. The van der Waals surface area contributed by atoms with Crippen LogP contribution >= 0.6 is 22.9 Å². The van der Waals surface area contributed by atoms with Crippen LogP contribution in [0.3, 0.4) is 0 Å². The number of nitrogens with zero attached hydrogens (tertiary/aromatic N) is 2. The molecule has 0 aliphatic heterocycles. The van der Waals surface area contributed by atoms with E-state index < -0.39 is 0 Å². The molecular weight excluding hydrogens is 292 g/mol. The summed E-state index contributed by atoms with van der Waals surface area (Å²) in [5.41, 5.74) is 1.95. The average Bonchev–Trinajstić information content (AvgIpc) is 3.20. The Balaban J connectivity index is 1.72. The number of benzene rings is 1. The van der Waals surface area contributed by atoms with E-state index in [0.717, 1.165) is 44.8 Å². The molecule has 0 bridgehead atoms. The molecule has 0 unspecified atom stereocenters. The Labute approximate surface area is 126 Å². The molecule has 1 aromatic carbocycles. The van der Waals surface area contributed by atoms with Crippen LogP contribution in [0.25, 0.3) is 0 Å². The number of hydrogen-bond acceptors (Lipinski definition) is 4. The van der Waals surface area contributed by atoms with E-state index in [9.17, 15) is 0 Å². The Morgan fingerprint density at radius 2 is 2.30 bits per heavy atom. The largest absolute Gasteiger partial charge is 0.486 e. The fourth-order valence-electron chi connectivity index (χ4n) is 2.01. The third-order valence-electron chi connectivity index (χ3n) is 3.25. The summed E-state index contributed by atoms with van der Waals surface area (Å²) in [5, 5.41) is 10.7. The van der Waals surface area contributed by atoms with E-state index in [4.69, 9.17) is 21.6 Å². The number of aryl methyl sites for hydroxylation is 1. The maximum absolute atomic E-state index is 9.13. The minimum Gasteiger partial charge on any atom is -0.486 e. The molecule has 1 heterocycles. The molecule has 1 fully saturated rings. The fraction of sp³-hybridized carbons (Fsp3) is 0.333. The third kappa shape index (κ3) is 2.79. The summed E-state index contributed by atoms with van der Waals surface area (Å²) in [6.45, 7) is 2.34. The van der Waals surface area contributed by atoms with Crippen LogP contribution in [0.15, 0.2) is 18.2 Å². The first kappa shape index (κ1) is 13.4. The standard InChI is InChI=1S/C15H13ClN2OS/c1-9-6-11(4-5-12(9)16)19-8-14-18-15(10-2-3-10)13(7-17)20-14/h4-6,10H,2-3,8H2,1H3. The third-order valence-corrected chi connectivity index (χ3v) is 4.63. The number of rotatable bonds is 4. The Morgan fingerprint density at radius 1 is 1.50 bits per heavy atom. The molecule has 0 N–H and O–H groups in total. The van der Waals surface area contributed by atoms with Crippen LogP contribution in [0.2, 0.25) is 5.02 Å². The zero-order valence-corrected chi connectivity index (χ0v) is 12.6. The fourth-order valence-corrected chi connectivity index (χ4v) is 2.98. The highest BCUT2D eigenvalue weighted by atomic mass is 35.5. The van der Waals surface area contributed by atoms with Crippen LogP contribution in [-0.2, 0) is 6.61 Å². The molecule has 3 rings (SSSR count). The van der Waals surface area contributed by atoms with Crippen LogP contribution in [-0.4, -0.2) is 4.98 Å². The molecule has 0 saturated heterocycles. The Hall–Kier alpha value is -1.57. The van der Waals surface area contributed by atoms with Crippen molar-refractivity contribution in [3.8, 4) is 11.8 Å². The minimum atomic E-state index is 0.396. The molecule has 5 heteroatoms.